The van der Waals surface area contributed by atoms with E-state index in [0.29, 0.717) is 16.9 Å². The fourth-order valence-electron chi connectivity index (χ4n) is 3.61. The van der Waals surface area contributed by atoms with Crippen molar-refractivity contribution < 1.29 is 13.9 Å². The number of nitrogens with one attached hydrogen (secondary N) is 1. The molecule has 0 radical (unpaired) electrons. The summed E-state index contributed by atoms with van der Waals surface area (Å²) in [4.78, 5) is 15.9. The second kappa shape index (κ2) is 7.85. The third kappa shape index (κ3) is 3.72. The van der Waals surface area contributed by atoms with Crippen LogP contribution in [-0.4, -0.2) is 34.8 Å². The van der Waals surface area contributed by atoms with E-state index in [2.05, 4.69) is 25.0 Å². The van der Waals surface area contributed by atoms with Gasteiger partial charge in [0.2, 0.25) is 5.95 Å². The average Bonchev–Trinajstić information content (AvgIpc) is 3.40. The van der Waals surface area contributed by atoms with Gasteiger partial charge >= 0.3 is 0 Å². The van der Waals surface area contributed by atoms with Gasteiger partial charge in [-0.05, 0) is 40.8 Å². The lowest BCUT2D eigenvalue weighted by Crippen LogP contribution is -2.23. The highest BCUT2D eigenvalue weighted by Crippen LogP contribution is 2.39. The number of H-pyrrole nitrogens is 1. The van der Waals surface area contributed by atoms with E-state index in [9.17, 15) is 13.9 Å². The first-order chi connectivity index (χ1) is 15.7. The lowest BCUT2D eigenvalue weighted by atomic mass is 10.0. The van der Waals surface area contributed by atoms with E-state index in [1.807, 2.05) is 19.3 Å². The van der Waals surface area contributed by atoms with E-state index in [4.69, 9.17) is 5.73 Å². The molecule has 166 valence electrons. The van der Waals surface area contributed by atoms with E-state index < -0.39 is 15.2 Å². The number of aromatic amines is 1. The summed E-state index contributed by atoms with van der Waals surface area (Å²) in [5, 5.41) is 16.1. The van der Waals surface area contributed by atoms with Crippen LogP contribution in [0.15, 0.2) is 55.1 Å². The topological polar surface area (TPSA) is 119 Å². The Labute approximate surface area is 199 Å². The molecule has 1 aromatic carbocycles. The van der Waals surface area contributed by atoms with E-state index >= 15 is 0 Å². The molecule has 0 spiro atoms. The van der Waals surface area contributed by atoms with Gasteiger partial charge in [-0.1, -0.05) is 12.1 Å². The van der Waals surface area contributed by atoms with Crippen molar-refractivity contribution in [3.8, 4) is 22.4 Å². The first-order valence-electron chi connectivity index (χ1n) is 9.71. The Bertz CT molecular complexity index is 1510. The van der Waals surface area contributed by atoms with Gasteiger partial charge in [0.1, 0.15) is 5.65 Å². The summed E-state index contributed by atoms with van der Waals surface area (Å²) in [6.45, 7) is 0. The van der Waals surface area contributed by atoms with Crippen molar-refractivity contribution >= 4 is 39.6 Å². The van der Waals surface area contributed by atoms with Gasteiger partial charge in [0.15, 0.2) is 15.2 Å². The smallest absolute Gasteiger partial charge is 0.220 e. The Balaban J connectivity index is 1.64. The van der Waals surface area contributed by atoms with Crippen molar-refractivity contribution in [2.24, 2.45) is 7.05 Å². The predicted octanol–water partition coefficient (Wildman–Crippen LogP) is 3.91. The van der Waals surface area contributed by atoms with Gasteiger partial charge in [-0.2, -0.15) is 5.10 Å². The molecular formula is C22H16F2IN7O. The number of alkyl halides is 1. The van der Waals surface area contributed by atoms with Crippen molar-refractivity contribution in [2.45, 2.75) is 3.61 Å². The van der Waals surface area contributed by atoms with Gasteiger partial charge < -0.3 is 15.8 Å². The molecule has 0 saturated heterocycles. The second-order valence-electron chi connectivity index (χ2n) is 7.45. The van der Waals surface area contributed by atoms with Crippen molar-refractivity contribution in [1.82, 2.24) is 29.7 Å². The van der Waals surface area contributed by atoms with Crippen molar-refractivity contribution in [3.05, 3.63) is 78.0 Å². The Hall–Kier alpha value is -3.45. The van der Waals surface area contributed by atoms with Crippen LogP contribution >= 0.6 is 22.6 Å². The molecule has 0 amide bonds. The molecule has 11 heteroatoms. The van der Waals surface area contributed by atoms with Crippen LogP contribution in [0, 0.1) is 11.6 Å². The first kappa shape index (κ1) is 21.4. The number of anilines is 1. The molecule has 5 rings (SSSR count). The molecule has 0 aliphatic carbocycles. The number of nitrogens with zero attached hydrogens (tertiary/aromatic N) is 5. The third-order valence-electron chi connectivity index (χ3n) is 5.24. The molecule has 33 heavy (non-hydrogen) atoms. The molecule has 0 saturated carbocycles. The van der Waals surface area contributed by atoms with Gasteiger partial charge in [0.25, 0.3) is 0 Å². The molecule has 0 aliphatic heterocycles. The number of halogens is 3. The van der Waals surface area contributed by atoms with Crippen molar-refractivity contribution in [2.75, 3.05) is 5.73 Å². The number of nitrogens with two attached hydrogens (primary N) is 1. The van der Waals surface area contributed by atoms with Crippen molar-refractivity contribution in [3.63, 3.8) is 0 Å². The number of aromatic nitrogens is 6. The summed E-state index contributed by atoms with van der Waals surface area (Å²) in [5.74, 6) is -2.36. The molecule has 4 N–H and O–H groups in total. The molecule has 4 heterocycles. The van der Waals surface area contributed by atoms with Gasteiger partial charge in [-0.25, -0.2) is 23.7 Å². The fourth-order valence-corrected chi connectivity index (χ4v) is 4.31. The second-order valence-corrected chi connectivity index (χ2v) is 9.01. The number of fused-ring (bicyclic) bond motifs is 1. The predicted molar refractivity (Wildman–Crippen MR) is 127 cm³/mol. The zero-order valence-corrected chi connectivity index (χ0v) is 19.2. The summed E-state index contributed by atoms with van der Waals surface area (Å²) < 4.78 is 27.9. The standard InChI is InChI=1S/C22H16F2IN7O/c1-32-10-12(8-29-32)11-5-13-14(9-28-20(13)27-7-11)17-6-18(31-21(26)30-17)22(25,33)15-3-2-4-16(23)19(15)24/h2-10,33H,1H3,(H,27,28)(H2,26,30,31)/t22-/m1/s1. The van der Waals surface area contributed by atoms with Gasteiger partial charge in [0, 0.05) is 53.3 Å². The molecule has 8 nitrogen and oxygen atoms in total. The van der Waals surface area contributed by atoms with Gasteiger partial charge in [0.05, 0.1) is 17.6 Å². The van der Waals surface area contributed by atoms with Crippen LogP contribution < -0.4 is 5.73 Å². The minimum atomic E-state index is -1.99. The lowest BCUT2D eigenvalue weighted by Gasteiger charge is -2.22. The zero-order chi connectivity index (χ0) is 23.3. The highest BCUT2D eigenvalue weighted by atomic mass is 127. The zero-order valence-electron chi connectivity index (χ0n) is 17.1. The quantitative estimate of drug-likeness (QED) is 0.227. The highest BCUT2D eigenvalue weighted by molar-refractivity contribution is 14.1. The molecule has 0 unspecified atom stereocenters. The molecule has 0 bridgehead atoms. The number of rotatable bonds is 4. The summed E-state index contributed by atoms with van der Waals surface area (Å²) in [5.41, 5.74) is 9.09. The van der Waals surface area contributed by atoms with Crippen LogP contribution in [0.3, 0.4) is 0 Å². The third-order valence-corrected chi connectivity index (χ3v) is 6.37. The number of aryl methyl sites for hydroxylation is 1. The van der Waals surface area contributed by atoms with E-state index in [1.54, 1.807) is 45.9 Å². The molecule has 1 atom stereocenters. The SMILES string of the molecule is Cn1cc(-c2cnc3[nH]cc(-c4cc([C@@](O)(I)c5cccc(F)c5F)nc(N)n4)c3c2)cn1. The number of hydrogen-bond donors (Lipinski definition) is 3. The first-order valence-corrected chi connectivity index (χ1v) is 10.8. The van der Waals surface area contributed by atoms with Crippen LogP contribution in [-0.2, 0) is 10.7 Å². The lowest BCUT2D eigenvalue weighted by molar-refractivity contribution is 0.189. The van der Waals surface area contributed by atoms with Crippen molar-refractivity contribution in [1.29, 1.82) is 0 Å². The summed E-state index contributed by atoms with van der Waals surface area (Å²) in [6.07, 6.45) is 7.06. The van der Waals surface area contributed by atoms with Crippen LogP contribution in [0.1, 0.15) is 11.3 Å². The number of aliphatic hydroxyl groups is 1. The number of hydrogen-bond acceptors (Lipinski definition) is 6. The minimum Gasteiger partial charge on any atom is -0.370 e. The minimum absolute atomic E-state index is 0.0147. The number of pyridine rings is 1. The Morgan fingerprint density at radius 2 is 1.97 bits per heavy atom. The van der Waals surface area contributed by atoms with Crippen LogP contribution in [0.5, 0.6) is 0 Å². The Kier molecular flexibility index (Phi) is 5.09. The maximum absolute atomic E-state index is 14.4. The van der Waals surface area contributed by atoms with Crippen LogP contribution in [0.2, 0.25) is 0 Å². The monoisotopic (exact) mass is 559 g/mol. The summed E-state index contributed by atoms with van der Waals surface area (Å²) in [6, 6.07) is 7.01. The van der Waals surface area contributed by atoms with Crippen LogP contribution in [0.4, 0.5) is 14.7 Å². The molecule has 0 aliphatic rings. The Morgan fingerprint density at radius 3 is 2.73 bits per heavy atom. The summed E-state index contributed by atoms with van der Waals surface area (Å²) in [7, 11) is 1.83. The van der Waals surface area contributed by atoms with E-state index in [-0.39, 0.29) is 17.2 Å². The largest absolute Gasteiger partial charge is 0.370 e. The number of nitrogen functional groups attached to an aromatic ring is 1. The normalized spacial score (nSPS) is 13.4. The van der Waals surface area contributed by atoms with Gasteiger partial charge in [-0.15, -0.1) is 0 Å². The molecule has 5 aromatic rings. The fraction of sp³-hybridized carbons (Fsp3) is 0.0909. The van der Waals surface area contributed by atoms with Crippen LogP contribution in [0.25, 0.3) is 33.4 Å². The van der Waals surface area contributed by atoms with Gasteiger partial charge in [-0.3, -0.25) is 4.68 Å². The van der Waals surface area contributed by atoms with E-state index in [1.165, 1.54) is 18.2 Å². The molecular weight excluding hydrogens is 543 g/mol. The molecule has 0 fully saturated rings. The Morgan fingerprint density at radius 1 is 1.15 bits per heavy atom. The average molecular weight is 559 g/mol. The number of benzene rings is 1. The highest BCUT2D eigenvalue weighted by Gasteiger charge is 2.35. The molecule has 4 aromatic heterocycles. The summed E-state index contributed by atoms with van der Waals surface area (Å²) >= 11 is 1.61. The maximum atomic E-state index is 14.4. The van der Waals surface area contributed by atoms with E-state index in [0.717, 1.165) is 22.6 Å². The maximum Gasteiger partial charge on any atom is 0.220 e.